The van der Waals surface area contributed by atoms with Gasteiger partial charge in [-0.2, -0.15) is 0 Å². The summed E-state index contributed by atoms with van der Waals surface area (Å²) in [7, 11) is 0. The van der Waals surface area contributed by atoms with Gasteiger partial charge >= 0.3 is 0 Å². The molecular weight excluding hydrogens is 280 g/mol. The van der Waals surface area contributed by atoms with Gasteiger partial charge in [0, 0.05) is 17.6 Å². The van der Waals surface area contributed by atoms with Crippen LogP contribution in [0.3, 0.4) is 0 Å². The summed E-state index contributed by atoms with van der Waals surface area (Å²) in [5.74, 6) is 0.503. The first-order chi connectivity index (χ1) is 8.17. The molecule has 0 aliphatic carbocycles. The fourth-order valence-corrected chi connectivity index (χ4v) is 2.24. The molecule has 1 aromatic rings. The van der Waals surface area contributed by atoms with E-state index in [0.717, 1.165) is 41.7 Å². The van der Waals surface area contributed by atoms with Crippen LogP contribution >= 0.6 is 15.9 Å². The molecule has 1 unspecified atom stereocenters. The van der Waals surface area contributed by atoms with Crippen molar-refractivity contribution in [3.63, 3.8) is 0 Å². The van der Waals surface area contributed by atoms with Crippen molar-refractivity contribution >= 4 is 27.3 Å². The number of halogens is 1. The molecule has 0 heterocycles. The van der Waals surface area contributed by atoms with E-state index in [1.807, 2.05) is 18.2 Å². The third kappa shape index (κ3) is 4.96. The zero-order valence-electron chi connectivity index (χ0n) is 10.2. The largest absolute Gasteiger partial charge is 0.397 e. The molecule has 0 saturated heterocycles. The van der Waals surface area contributed by atoms with Gasteiger partial charge in [0.05, 0.1) is 11.4 Å². The maximum atomic E-state index is 9.00. The summed E-state index contributed by atoms with van der Waals surface area (Å²) in [6.07, 6.45) is 3.11. The number of nitrogens with one attached hydrogen (secondary N) is 1. The predicted octanol–water partition coefficient (Wildman–Crippen LogP) is 3.24. The minimum Gasteiger partial charge on any atom is -0.397 e. The quantitative estimate of drug-likeness (QED) is 0.678. The number of aliphatic hydroxyl groups is 1. The molecule has 0 bridgehead atoms. The maximum Gasteiger partial charge on any atom is 0.0585 e. The van der Waals surface area contributed by atoms with Crippen LogP contribution in [0.4, 0.5) is 11.4 Å². The Balaban J connectivity index is 2.55. The molecule has 1 rings (SSSR count). The van der Waals surface area contributed by atoms with E-state index in [-0.39, 0.29) is 6.61 Å². The topological polar surface area (TPSA) is 58.3 Å². The molecule has 1 atom stereocenters. The van der Waals surface area contributed by atoms with Crippen LogP contribution in [0.25, 0.3) is 0 Å². The Bertz CT molecular complexity index is 338. The zero-order chi connectivity index (χ0) is 12.7. The van der Waals surface area contributed by atoms with Crippen molar-refractivity contribution < 1.29 is 5.11 Å². The van der Waals surface area contributed by atoms with Gasteiger partial charge in [-0.05, 0) is 37.0 Å². The average Bonchev–Trinajstić information content (AvgIpc) is 2.30. The Hall–Kier alpha value is -0.740. The monoisotopic (exact) mass is 300 g/mol. The highest BCUT2D eigenvalue weighted by molar-refractivity contribution is 9.10. The lowest BCUT2D eigenvalue weighted by molar-refractivity contribution is 0.255. The number of rotatable bonds is 7. The highest BCUT2D eigenvalue weighted by Crippen LogP contribution is 2.24. The Morgan fingerprint density at radius 1 is 1.41 bits per heavy atom. The third-order valence-electron chi connectivity index (χ3n) is 2.83. The summed E-state index contributed by atoms with van der Waals surface area (Å²) in [6, 6.07) is 5.79. The molecule has 0 spiro atoms. The van der Waals surface area contributed by atoms with Crippen molar-refractivity contribution in [3.05, 3.63) is 22.7 Å². The fraction of sp³-hybridized carbons (Fsp3) is 0.538. The van der Waals surface area contributed by atoms with Gasteiger partial charge in [-0.3, -0.25) is 0 Å². The van der Waals surface area contributed by atoms with Crippen molar-refractivity contribution in [2.45, 2.75) is 26.2 Å². The second-order valence-corrected chi connectivity index (χ2v) is 5.20. The van der Waals surface area contributed by atoms with Crippen LogP contribution in [0.1, 0.15) is 26.2 Å². The van der Waals surface area contributed by atoms with E-state index in [1.165, 1.54) is 0 Å². The fourth-order valence-electron chi connectivity index (χ4n) is 1.88. The number of hydrogen-bond donors (Lipinski definition) is 3. The van der Waals surface area contributed by atoms with Crippen molar-refractivity contribution in [2.75, 3.05) is 24.2 Å². The second kappa shape index (κ2) is 7.56. The van der Waals surface area contributed by atoms with Crippen LogP contribution in [0.5, 0.6) is 0 Å². The number of anilines is 2. The molecular formula is C13H21BrN2O. The first-order valence-corrected chi connectivity index (χ1v) is 6.86. The van der Waals surface area contributed by atoms with Crippen LogP contribution in [0, 0.1) is 5.92 Å². The van der Waals surface area contributed by atoms with Crippen molar-refractivity contribution in [1.29, 1.82) is 0 Å². The lowest BCUT2D eigenvalue weighted by atomic mass is 10.00. The lowest BCUT2D eigenvalue weighted by Crippen LogP contribution is -2.16. The van der Waals surface area contributed by atoms with E-state index in [1.54, 1.807) is 0 Å². The summed E-state index contributed by atoms with van der Waals surface area (Å²) < 4.78 is 1.02. The van der Waals surface area contributed by atoms with E-state index in [2.05, 4.69) is 28.2 Å². The van der Waals surface area contributed by atoms with Crippen LogP contribution in [0.15, 0.2) is 22.7 Å². The van der Waals surface area contributed by atoms with Gasteiger partial charge in [0.1, 0.15) is 0 Å². The number of nitrogen functional groups attached to an aromatic ring is 1. The first-order valence-electron chi connectivity index (χ1n) is 6.07. The minimum absolute atomic E-state index is 0.250. The van der Waals surface area contributed by atoms with Gasteiger partial charge < -0.3 is 16.2 Å². The Morgan fingerprint density at radius 3 is 2.82 bits per heavy atom. The zero-order valence-corrected chi connectivity index (χ0v) is 11.8. The summed E-state index contributed by atoms with van der Waals surface area (Å²) in [6.45, 7) is 3.27. The second-order valence-electron chi connectivity index (χ2n) is 4.28. The molecule has 0 radical (unpaired) electrons. The Labute approximate surface area is 112 Å². The number of benzene rings is 1. The Morgan fingerprint density at radius 2 is 2.18 bits per heavy atom. The van der Waals surface area contributed by atoms with E-state index in [4.69, 9.17) is 10.8 Å². The third-order valence-corrected chi connectivity index (χ3v) is 3.32. The SMILES string of the molecule is CCCC(CCO)CNc1cc(Br)ccc1N. The summed E-state index contributed by atoms with van der Waals surface area (Å²) in [5.41, 5.74) is 7.60. The molecule has 0 fully saturated rings. The predicted molar refractivity (Wildman–Crippen MR) is 77.1 cm³/mol. The minimum atomic E-state index is 0.250. The maximum absolute atomic E-state index is 9.00. The van der Waals surface area contributed by atoms with Crippen LogP contribution in [-0.2, 0) is 0 Å². The number of nitrogens with two attached hydrogens (primary N) is 1. The molecule has 3 nitrogen and oxygen atoms in total. The number of aliphatic hydroxyl groups excluding tert-OH is 1. The van der Waals surface area contributed by atoms with Gasteiger partial charge in [-0.15, -0.1) is 0 Å². The summed E-state index contributed by atoms with van der Waals surface area (Å²) >= 11 is 3.43. The number of hydrogen-bond acceptors (Lipinski definition) is 3. The smallest absolute Gasteiger partial charge is 0.0585 e. The standard InChI is InChI=1S/C13H21BrN2O/c1-2-3-10(6-7-17)9-16-13-8-11(14)4-5-12(13)15/h4-5,8,10,16-17H,2-3,6-7,9,15H2,1H3. The van der Waals surface area contributed by atoms with Crippen LogP contribution < -0.4 is 11.1 Å². The molecule has 0 saturated carbocycles. The van der Waals surface area contributed by atoms with Gasteiger partial charge in [-0.1, -0.05) is 29.3 Å². The molecule has 0 aromatic heterocycles. The molecule has 1 aromatic carbocycles. The Kier molecular flexibility index (Phi) is 6.37. The average molecular weight is 301 g/mol. The first kappa shape index (κ1) is 14.3. The van der Waals surface area contributed by atoms with E-state index in [0.29, 0.717) is 5.92 Å². The van der Waals surface area contributed by atoms with Gasteiger partial charge in [0.25, 0.3) is 0 Å². The van der Waals surface area contributed by atoms with E-state index >= 15 is 0 Å². The van der Waals surface area contributed by atoms with Gasteiger partial charge in [0.2, 0.25) is 0 Å². The van der Waals surface area contributed by atoms with E-state index in [9.17, 15) is 0 Å². The lowest BCUT2D eigenvalue weighted by Gasteiger charge is -2.17. The molecule has 0 amide bonds. The van der Waals surface area contributed by atoms with Crippen molar-refractivity contribution in [3.8, 4) is 0 Å². The highest BCUT2D eigenvalue weighted by atomic mass is 79.9. The van der Waals surface area contributed by atoms with Crippen molar-refractivity contribution in [1.82, 2.24) is 0 Å². The van der Waals surface area contributed by atoms with Gasteiger partial charge in [-0.25, -0.2) is 0 Å². The normalized spacial score (nSPS) is 12.4. The van der Waals surface area contributed by atoms with E-state index < -0.39 is 0 Å². The van der Waals surface area contributed by atoms with Crippen LogP contribution in [0.2, 0.25) is 0 Å². The van der Waals surface area contributed by atoms with Gasteiger partial charge in [0.15, 0.2) is 0 Å². The molecule has 4 N–H and O–H groups in total. The molecule has 96 valence electrons. The molecule has 17 heavy (non-hydrogen) atoms. The summed E-state index contributed by atoms with van der Waals surface area (Å²) in [5, 5.41) is 12.4. The summed E-state index contributed by atoms with van der Waals surface area (Å²) in [4.78, 5) is 0. The molecule has 4 heteroatoms. The highest BCUT2D eigenvalue weighted by Gasteiger charge is 2.08. The van der Waals surface area contributed by atoms with Crippen molar-refractivity contribution in [2.24, 2.45) is 5.92 Å². The molecule has 0 aliphatic heterocycles. The van der Waals surface area contributed by atoms with Crippen LogP contribution in [-0.4, -0.2) is 18.3 Å². The molecule has 0 aliphatic rings.